The van der Waals surface area contributed by atoms with E-state index in [1.54, 1.807) is 10.6 Å². The highest BCUT2D eigenvalue weighted by Gasteiger charge is 2.30. The van der Waals surface area contributed by atoms with Crippen molar-refractivity contribution < 1.29 is 17.9 Å². The Balaban J connectivity index is 1.87. The molecule has 2 aromatic heterocycles. The number of benzene rings is 1. The van der Waals surface area contributed by atoms with Gasteiger partial charge >= 0.3 is 0 Å². The number of aromatic nitrogens is 2. The number of amides is 1. The maximum atomic E-state index is 12.7. The Morgan fingerprint density at radius 2 is 1.96 bits per heavy atom. The van der Waals surface area contributed by atoms with E-state index in [4.69, 9.17) is 4.74 Å². The standard InChI is InChI=1S/C20H21N3O4S/c1-12-13(2)23-11-16(20(24)22-28(3,25)26)15-9-10-17(14-7-5-4-6-8-14)27-18(15)19(23)21-12/h4-8,11,17H,9-10H2,1-3H3,(H,22,24). The number of ether oxygens (including phenoxy) is 1. The minimum atomic E-state index is -3.68. The van der Waals surface area contributed by atoms with Gasteiger partial charge in [0, 0.05) is 17.5 Å². The molecule has 28 heavy (non-hydrogen) atoms. The highest BCUT2D eigenvalue weighted by Crippen LogP contribution is 2.39. The van der Waals surface area contributed by atoms with Gasteiger partial charge in [0.1, 0.15) is 6.10 Å². The summed E-state index contributed by atoms with van der Waals surface area (Å²) in [6, 6.07) is 9.89. The van der Waals surface area contributed by atoms with E-state index in [0.717, 1.165) is 23.2 Å². The predicted molar refractivity (Wildman–Crippen MR) is 105 cm³/mol. The highest BCUT2D eigenvalue weighted by molar-refractivity contribution is 7.89. The van der Waals surface area contributed by atoms with E-state index >= 15 is 0 Å². The Bertz CT molecular complexity index is 1180. The number of pyridine rings is 1. The third-order valence-corrected chi connectivity index (χ3v) is 5.61. The fourth-order valence-corrected chi connectivity index (χ4v) is 4.03. The predicted octanol–water partition coefficient (Wildman–Crippen LogP) is 2.71. The summed E-state index contributed by atoms with van der Waals surface area (Å²) in [6.07, 6.45) is 3.73. The molecule has 1 aliphatic heterocycles. The van der Waals surface area contributed by atoms with Crippen LogP contribution in [-0.2, 0) is 16.4 Å². The van der Waals surface area contributed by atoms with Gasteiger partial charge in [-0.2, -0.15) is 0 Å². The molecule has 1 amide bonds. The van der Waals surface area contributed by atoms with Gasteiger partial charge in [-0.3, -0.25) is 4.79 Å². The van der Waals surface area contributed by atoms with E-state index in [1.165, 1.54) is 0 Å². The molecule has 0 saturated heterocycles. The molecule has 7 nitrogen and oxygen atoms in total. The van der Waals surface area contributed by atoms with Crippen LogP contribution in [-0.4, -0.2) is 30.0 Å². The molecule has 4 rings (SSSR count). The zero-order valence-corrected chi connectivity index (χ0v) is 16.7. The lowest BCUT2D eigenvalue weighted by molar-refractivity contribution is 0.0977. The third kappa shape index (κ3) is 3.24. The number of hydrogen-bond donors (Lipinski definition) is 1. The van der Waals surface area contributed by atoms with Gasteiger partial charge < -0.3 is 9.14 Å². The average Bonchev–Trinajstić information content (AvgIpc) is 2.94. The fraction of sp³-hybridized carbons (Fsp3) is 0.300. The smallest absolute Gasteiger partial charge is 0.266 e. The number of aryl methyl sites for hydroxylation is 2. The summed E-state index contributed by atoms with van der Waals surface area (Å²) in [6.45, 7) is 3.79. The quantitative estimate of drug-likeness (QED) is 0.731. The van der Waals surface area contributed by atoms with Crippen LogP contribution in [0.3, 0.4) is 0 Å². The van der Waals surface area contributed by atoms with Crippen LogP contribution < -0.4 is 9.46 Å². The lowest BCUT2D eigenvalue weighted by Gasteiger charge is -2.28. The first-order valence-electron chi connectivity index (χ1n) is 8.99. The van der Waals surface area contributed by atoms with Crippen LogP contribution >= 0.6 is 0 Å². The summed E-state index contributed by atoms with van der Waals surface area (Å²) in [5, 5.41) is 0. The molecule has 1 unspecified atom stereocenters. The van der Waals surface area contributed by atoms with Crippen LogP contribution in [0.1, 0.15) is 45.4 Å². The second kappa shape index (κ2) is 6.63. The summed E-state index contributed by atoms with van der Waals surface area (Å²) >= 11 is 0. The first-order valence-corrected chi connectivity index (χ1v) is 10.9. The highest BCUT2D eigenvalue weighted by atomic mass is 32.2. The molecular weight excluding hydrogens is 378 g/mol. The summed E-state index contributed by atoms with van der Waals surface area (Å²) < 4.78 is 33.3. The Kier molecular flexibility index (Phi) is 4.38. The van der Waals surface area contributed by atoms with Crippen molar-refractivity contribution in [1.82, 2.24) is 14.1 Å². The zero-order valence-electron chi connectivity index (χ0n) is 15.9. The number of nitrogens with one attached hydrogen (secondary N) is 1. The lowest BCUT2D eigenvalue weighted by Crippen LogP contribution is -2.31. The zero-order chi connectivity index (χ0) is 20.1. The Hall–Kier alpha value is -2.87. The second-order valence-corrected chi connectivity index (χ2v) is 8.83. The van der Waals surface area contributed by atoms with Crippen molar-refractivity contribution in [3.8, 4) is 5.75 Å². The van der Waals surface area contributed by atoms with Gasteiger partial charge in [-0.15, -0.1) is 0 Å². The van der Waals surface area contributed by atoms with Crippen LogP contribution in [0, 0.1) is 13.8 Å². The van der Waals surface area contributed by atoms with Gasteiger partial charge in [0.25, 0.3) is 5.91 Å². The molecule has 146 valence electrons. The summed E-state index contributed by atoms with van der Waals surface area (Å²) in [7, 11) is -3.68. The molecule has 0 radical (unpaired) electrons. The van der Waals surface area contributed by atoms with Crippen LogP contribution in [0.2, 0.25) is 0 Å². The van der Waals surface area contributed by atoms with Gasteiger partial charge in [-0.1, -0.05) is 30.3 Å². The minimum absolute atomic E-state index is 0.150. The van der Waals surface area contributed by atoms with Gasteiger partial charge in [0.05, 0.1) is 17.5 Å². The van der Waals surface area contributed by atoms with E-state index in [1.807, 2.05) is 44.2 Å². The third-order valence-electron chi connectivity index (χ3n) is 5.06. The number of fused-ring (bicyclic) bond motifs is 3. The van der Waals surface area contributed by atoms with Crippen LogP contribution in [0.25, 0.3) is 5.65 Å². The Morgan fingerprint density at radius 1 is 1.25 bits per heavy atom. The Labute approximate surface area is 163 Å². The molecule has 1 aromatic carbocycles. The molecule has 3 aromatic rings. The van der Waals surface area contributed by atoms with Crippen molar-refractivity contribution in [3.63, 3.8) is 0 Å². The van der Waals surface area contributed by atoms with Crippen molar-refractivity contribution >= 4 is 21.6 Å². The van der Waals surface area contributed by atoms with Crippen molar-refractivity contribution in [2.24, 2.45) is 0 Å². The van der Waals surface area contributed by atoms with Gasteiger partial charge in [-0.25, -0.2) is 18.1 Å². The summed E-state index contributed by atoms with van der Waals surface area (Å²) in [4.78, 5) is 17.3. The molecule has 0 aliphatic carbocycles. The minimum Gasteiger partial charge on any atom is -0.481 e. The maximum Gasteiger partial charge on any atom is 0.266 e. The van der Waals surface area contributed by atoms with Crippen LogP contribution in [0.15, 0.2) is 36.5 Å². The number of carbonyl (C=O) groups is 1. The van der Waals surface area contributed by atoms with E-state index in [-0.39, 0.29) is 6.10 Å². The molecular formula is C20H21N3O4S. The monoisotopic (exact) mass is 399 g/mol. The molecule has 0 saturated carbocycles. The van der Waals surface area contributed by atoms with E-state index in [2.05, 4.69) is 9.71 Å². The molecule has 8 heteroatoms. The van der Waals surface area contributed by atoms with E-state index < -0.39 is 15.9 Å². The number of rotatable bonds is 3. The number of nitrogens with zero attached hydrogens (tertiary/aromatic N) is 2. The molecule has 0 spiro atoms. The summed E-state index contributed by atoms with van der Waals surface area (Å²) in [5.41, 5.74) is 4.37. The fourth-order valence-electron chi connectivity index (χ4n) is 3.58. The molecule has 1 aliphatic rings. The molecule has 1 atom stereocenters. The summed E-state index contributed by atoms with van der Waals surface area (Å²) in [5.74, 6) is -0.120. The first kappa shape index (κ1) is 18.5. The topological polar surface area (TPSA) is 89.8 Å². The number of sulfonamides is 1. The first-order chi connectivity index (χ1) is 13.2. The van der Waals surface area contributed by atoms with E-state index in [9.17, 15) is 13.2 Å². The Morgan fingerprint density at radius 3 is 2.64 bits per heavy atom. The van der Waals surface area contributed by atoms with Crippen LogP contribution in [0.5, 0.6) is 5.75 Å². The molecule has 0 fully saturated rings. The van der Waals surface area contributed by atoms with Crippen molar-refractivity contribution in [1.29, 1.82) is 0 Å². The average molecular weight is 399 g/mol. The maximum absolute atomic E-state index is 12.7. The second-order valence-electron chi connectivity index (χ2n) is 7.09. The van der Waals surface area contributed by atoms with Crippen molar-refractivity contribution in [2.75, 3.05) is 6.26 Å². The molecule has 0 bridgehead atoms. The van der Waals surface area contributed by atoms with Gasteiger partial charge in [0.2, 0.25) is 10.0 Å². The van der Waals surface area contributed by atoms with Crippen molar-refractivity contribution in [2.45, 2.75) is 32.8 Å². The van der Waals surface area contributed by atoms with Crippen LogP contribution in [0.4, 0.5) is 0 Å². The largest absolute Gasteiger partial charge is 0.481 e. The number of hydrogen-bond acceptors (Lipinski definition) is 5. The van der Waals surface area contributed by atoms with E-state index in [0.29, 0.717) is 35.4 Å². The number of carbonyl (C=O) groups excluding carboxylic acids is 1. The SMILES string of the molecule is Cc1nc2c3c(c(C(=O)NS(C)(=O)=O)cn2c1C)CCC(c1ccccc1)O3. The molecule has 1 N–H and O–H groups in total. The molecule has 3 heterocycles. The normalized spacial score (nSPS) is 16.5. The van der Waals surface area contributed by atoms with Gasteiger partial charge in [-0.05, 0) is 32.3 Å². The number of imidazole rings is 1. The van der Waals surface area contributed by atoms with Crippen molar-refractivity contribution in [3.05, 3.63) is 64.6 Å². The van der Waals surface area contributed by atoms with Gasteiger partial charge in [0.15, 0.2) is 11.4 Å². The lowest BCUT2D eigenvalue weighted by atomic mass is 9.95.